The third-order valence-electron chi connectivity index (χ3n) is 5.24. The van der Waals surface area contributed by atoms with Crippen molar-refractivity contribution in [3.05, 3.63) is 95.2 Å². The van der Waals surface area contributed by atoms with Crippen LogP contribution in [0.5, 0.6) is 5.75 Å². The summed E-state index contributed by atoms with van der Waals surface area (Å²) in [6, 6.07) is 23.2. The molecule has 6 heteroatoms. The van der Waals surface area contributed by atoms with Gasteiger partial charge in [-0.2, -0.15) is 5.26 Å². The molecule has 6 nitrogen and oxygen atoms in total. The van der Waals surface area contributed by atoms with Crippen molar-refractivity contribution >= 4 is 28.8 Å². The van der Waals surface area contributed by atoms with E-state index in [-0.39, 0.29) is 11.3 Å². The van der Waals surface area contributed by atoms with Crippen LogP contribution in [0.25, 0.3) is 5.57 Å². The molecule has 0 bridgehead atoms. The van der Waals surface area contributed by atoms with Crippen LogP contribution >= 0.6 is 0 Å². The maximum absolute atomic E-state index is 13.5. The van der Waals surface area contributed by atoms with Gasteiger partial charge in [0.25, 0.3) is 11.8 Å². The number of nitriles is 1. The third kappa shape index (κ3) is 4.48. The van der Waals surface area contributed by atoms with Gasteiger partial charge in [-0.15, -0.1) is 0 Å². The minimum atomic E-state index is -0.451. The topological polar surface area (TPSA) is 82.4 Å². The number of anilines is 2. The fraction of sp³-hybridized carbons (Fsp3) is 0.148. The molecule has 0 unspecified atom stereocenters. The van der Waals surface area contributed by atoms with Gasteiger partial charge < -0.3 is 10.1 Å². The number of ether oxygens (including phenoxy) is 1. The van der Waals surface area contributed by atoms with Crippen molar-refractivity contribution in [2.75, 3.05) is 16.8 Å². The summed E-state index contributed by atoms with van der Waals surface area (Å²) in [7, 11) is 0. The molecule has 0 aromatic heterocycles. The largest absolute Gasteiger partial charge is 0.494 e. The predicted octanol–water partition coefficient (Wildman–Crippen LogP) is 5.05. The Morgan fingerprint density at radius 1 is 0.970 bits per heavy atom. The smallest absolute Gasteiger partial charge is 0.282 e. The summed E-state index contributed by atoms with van der Waals surface area (Å²) in [5, 5.41) is 12.2. The van der Waals surface area contributed by atoms with Gasteiger partial charge in [0.1, 0.15) is 11.4 Å². The molecular weight excluding hydrogens is 414 g/mol. The first-order valence-corrected chi connectivity index (χ1v) is 10.7. The first kappa shape index (κ1) is 21.8. The number of carbonyl (C=O) groups excluding carboxylic acids is 2. The second-order valence-electron chi connectivity index (χ2n) is 7.72. The lowest BCUT2D eigenvalue weighted by Crippen LogP contribution is -2.32. The van der Waals surface area contributed by atoms with Crippen LogP contribution in [0.2, 0.25) is 0 Å². The SMILES string of the molecule is CCCOc1ccc(C2=C(Nc3cccc(C)c3)C(=O)N(c3ccc(C#N)cc3)C2=O)cc1. The number of nitrogens with one attached hydrogen (secondary N) is 1. The van der Waals surface area contributed by atoms with Crippen molar-refractivity contribution in [3.63, 3.8) is 0 Å². The van der Waals surface area contributed by atoms with Crippen molar-refractivity contribution in [2.24, 2.45) is 0 Å². The van der Waals surface area contributed by atoms with E-state index in [0.29, 0.717) is 34.9 Å². The molecule has 3 aromatic rings. The van der Waals surface area contributed by atoms with Gasteiger partial charge in [0.2, 0.25) is 0 Å². The Labute approximate surface area is 192 Å². The molecule has 2 amide bonds. The van der Waals surface area contributed by atoms with Crippen LogP contribution in [0, 0.1) is 18.3 Å². The van der Waals surface area contributed by atoms with Gasteiger partial charge >= 0.3 is 0 Å². The second kappa shape index (κ2) is 9.41. The first-order valence-electron chi connectivity index (χ1n) is 10.7. The summed E-state index contributed by atoms with van der Waals surface area (Å²) < 4.78 is 5.65. The Balaban J connectivity index is 1.76. The van der Waals surface area contributed by atoms with Crippen LogP contribution in [0.4, 0.5) is 11.4 Å². The molecule has 1 heterocycles. The fourth-order valence-electron chi connectivity index (χ4n) is 3.64. The Bertz CT molecular complexity index is 1270. The zero-order chi connectivity index (χ0) is 23.4. The number of nitrogens with zero attached hydrogens (tertiary/aromatic N) is 2. The molecule has 1 aliphatic rings. The number of rotatable bonds is 7. The monoisotopic (exact) mass is 437 g/mol. The Hall–Kier alpha value is -4.37. The summed E-state index contributed by atoms with van der Waals surface area (Å²) in [5.74, 6) is -0.176. The highest BCUT2D eigenvalue weighted by Gasteiger charge is 2.40. The standard InChI is InChI=1S/C27H23N3O3/c1-3-15-33-23-13-9-20(10-14-23)24-25(29-21-6-4-5-18(2)16-21)27(32)30(26(24)31)22-11-7-19(17-28)8-12-22/h4-14,16,29H,3,15H2,1-2H3. The lowest BCUT2D eigenvalue weighted by molar-refractivity contribution is -0.120. The van der Waals surface area contributed by atoms with E-state index < -0.39 is 11.8 Å². The normalized spacial score (nSPS) is 13.3. The third-order valence-corrected chi connectivity index (χ3v) is 5.24. The predicted molar refractivity (Wildman–Crippen MR) is 128 cm³/mol. The molecule has 0 saturated heterocycles. The number of benzene rings is 3. The van der Waals surface area contributed by atoms with Crippen LogP contribution < -0.4 is 15.0 Å². The van der Waals surface area contributed by atoms with Crippen molar-refractivity contribution in [1.29, 1.82) is 5.26 Å². The highest BCUT2D eigenvalue weighted by molar-refractivity contribution is 6.46. The van der Waals surface area contributed by atoms with Gasteiger partial charge in [-0.05, 0) is 73.0 Å². The average molecular weight is 437 g/mol. The summed E-state index contributed by atoms with van der Waals surface area (Å²) >= 11 is 0. The summed E-state index contributed by atoms with van der Waals surface area (Å²) in [6.45, 7) is 4.59. The number of hydrogen-bond acceptors (Lipinski definition) is 5. The van der Waals surface area contributed by atoms with Crippen LogP contribution in [-0.4, -0.2) is 18.4 Å². The maximum Gasteiger partial charge on any atom is 0.282 e. The van der Waals surface area contributed by atoms with Gasteiger partial charge in [0, 0.05) is 5.69 Å². The lowest BCUT2D eigenvalue weighted by Gasteiger charge is -2.15. The van der Waals surface area contributed by atoms with Crippen LogP contribution in [-0.2, 0) is 9.59 Å². The molecule has 0 fully saturated rings. The fourth-order valence-corrected chi connectivity index (χ4v) is 3.64. The van der Waals surface area contributed by atoms with E-state index in [4.69, 9.17) is 10.00 Å². The molecule has 4 rings (SSSR count). The maximum atomic E-state index is 13.5. The van der Waals surface area contributed by atoms with E-state index in [1.807, 2.05) is 44.2 Å². The van der Waals surface area contributed by atoms with Crippen molar-refractivity contribution < 1.29 is 14.3 Å². The van der Waals surface area contributed by atoms with Crippen LogP contribution in [0.15, 0.2) is 78.5 Å². The second-order valence-corrected chi connectivity index (χ2v) is 7.72. The number of aryl methyl sites for hydroxylation is 1. The van der Waals surface area contributed by atoms with E-state index in [1.54, 1.807) is 48.5 Å². The van der Waals surface area contributed by atoms with Gasteiger partial charge in [-0.25, -0.2) is 4.90 Å². The number of carbonyl (C=O) groups is 2. The highest BCUT2D eigenvalue weighted by Crippen LogP contribution is 2.34. The molecule has 164 valence electrons. The average Bonchev–Trinajstić information content (AvgIpc) is 3.07. The van der Waals surface area contributed by atoms with Gasteiger partial charge in [-0.1, -0.05) is 31.2 Å². The van der Waals surface area contributed by atoms with Gasteiger partial charge in [-0.3, -0.25) is 9.59 Å². The Morgan fingerprint density at radius 2 is 1.70 bits per heavy atom. The summed E-state index contributed by atoms with van der Waals surface area (Å²) in [5.41, 5.74) is 3.71. The van der Waals surface area contributed by atoms with Gasteiger partial charge in [0.05, 0.1) is 29.5 Å². The van der Waals surface area contributed by atoms with Crippen molar-refractivity contribution in [1.82, 2.24) is 0 Å². The molecule has 0 atom stereocenters. The molecule has 0 radical (unpaired) electrons. The highest BCUT2D eigenvalue weighted by atomic mass is 16.5. The zero-order valence-corrected chi connectivity index (χ0v) is 18.5. The zero-order valence-electron chi connectivity index (χ0n) is 18.5. The molecule has 0 aliphatic carbocycles. The molecule has 1 aliphatic heterocycles. The minimum absolute atomic E-state index is 0.206. The van der Waals surface area contributed by atoms with E-state index in [9.17, 15) is 9.59 Å². The molecule has 0 spiro atoms. The molecule has 33 heavy (non-hydrogen) atoms. The summed E-state index contributed by atoms with van der Waals surface area (Å²) in [4.78, 5) is 28.1. The van der Waals surface area contributed by atoms with E-state index in [2.05, 4.69) is 5.32 Å². The molecule has 0 saturated carbocycles. The molecule has 1 N–H and O–H groups in total. The van der Waals surface area contributed by atoms with E-state index >= 15 is 0 Å². The lowest BCUT2D eigenvalue weighted by atomic mass is 10.0. The molecular formula is C27H23N3O3. The molecule has 3 aromatic carbocycles. The first-order chi connectivity index (χ1) is 16.0. The van der Waals surface area contributed by atoms with Crippen LogP contribution in [0.3, 0.4) is 0 Å². The van der Waals surface area contributed by atoms with Crippen LogP contribution in [0.1, 0.15) is 30.0 Å². The Kier molecular flexibility index (Phi) is 6.23. The van der Waals surface area contributed by atoms with Crippen molar-refractivity contribution in [3.8, 4) is 11.8 Å². The number of imide groups is 1. The number of amides is 2. The number of hydrogen-bond donors (Lipinski definition) is 1. The quantitative estimate of drug-likeness (QED) is 0.523. The van der Waals surface area contributed by atoms with E-state index in [0.717, 1.165) is 16.9 Å². The van der Waals surface area contributed by atoms with Gasteiger partial charge in [0.15, 0.2) is 0 Å². The van der Waals surface area contributed by atoms with E-state index in [1.165, 1.54) is 0 Å². The summed E-state index contributed by atoms with van der Waals surface area (Å²) in [6.07, 6.45) is 0.893. The van der Waals surface area contributed by atoms with Crippen molar-refractivity contribution in [2.45, 2.75) is 20.3 Å². The minimum Gasteiger partial charge on any atom is -0.494 e. The Morgan fingerprint density at radius 3 is 2.33 bits per heavy atom.